The number of aromatic nitrogens is 2. The quantitative estimate of drug-likeness (QED) is 0.916. The van der Waals surface area contributed by atoms with Crippen molar-refractivity contribution < 1.29 is 4.79 Å². The largest absolute Gasteiger partial charge is 0.326 e. The second-order valence-corrected chi connectivity index (χ2v) is 7.13. The smallest absolute Gasteiger partial charge is 0.245 e. The number of anilines is 1. The Morgan fingerprint density at radius 1 is 1.16 bits per heavy atom. The summed E-state index contributed by atoms with van der Waals surface area (Å²) in [7, 11) is 1.87. The predicted octanol–water partition coefficient (Wildman–Crippen LogP) is 1.34. The summed E-state index contributed by atoms with van der Waals surface area (Å²) in [5, 5.41) is 4.40. The van der Waals surface area contributed by atoms with Gasteiger partial charge in [-0.1, -0.05) is 30.3 Å². The number of hydrogen-bond donors (Lipinski definition) is 1. The Labute approximate surface area is 148 Å². The van der Waals surface area contributed by atoms with Crippen LogP contribution in [0.2, 0.25) is 0 Å². The zero-order chi connectivity index (χ0) is 17.4. The van der Waals surface area contributed by atoms with Gasteiger partial charge in [0.2, 0.25) is 5.91 Å². The second-order valence-electron chi connectivity index (χ2n) is 7.13. The van der Waals surface area contributed by atoms with Gasteiger partial charge < -0.3 is 5.73 Å². The number of carbonyl (C=O) groups excluding carboxylic acids is 1. The van der Waals surface area contributed by atoms with Crippen molar-refractivity contribution in [2.45, 2.75) is 30.8 Å². The van der Waals surface area contributed by atoms with Crippen LogP contribution in [0, 0.1) is 0 Å². The molecule has 25 heavy (non-hydrogen) atoms. The van der Waals surface area contributed by atoms with Crippen LogP contribution >= 0.6 is 0 Å². The fraction of sp³-hybridized carbons (Fsp3) is 0.474. The molecule has 1 unspecified atom stereocenters. The fourth-order valence-electron chi connectivity index (χ4n) is 4.14. The van der Waals surface area contributed by atoms with Crippen molar-refractivity contribution in [2.24, 2.45) is 12.8 Å². The van der Waals surface area contributed by atoms with Crippen molar-refractivity contribution in [1.82, 2.24) is 14.7 Å². The van der Waals surface area contributed by atoms with Crippen LogP contribution in [0.4, 0.5) is 5.82 Å². The summed E-state index contributed by atoms with van der Waals surface area (Å²) in [6.45, 7) is 2.36. The molecule has 132 valence electrons. The van der Waals surface area contributed by atoms with Crippen molar-refractivity contribution in [2.75, 3.05) is 24.5 Å². The summed E-state index contributed by atoms with van der Waals surface area (Å²) < 4.78 is 1.74. The van der Waals surface area contributed by atoms with E-state index in [-0.39, 0.29) is 18.0 Å². The number of hydrogen-bond acceptors (Lipinski definition) is 4. The van der Waals surface area contributed by atoms with E-state index in [9.17, 15) is 4.79 Å². The number of nitrogens with zero attached hydrogens (tertiary/aromatic N) is 4. The third-order valence-electron chi connectivity index (χ3n) is 5.45. The maximum Gasteiger partial charge on any atom is 0.245 e. The summed E-state index contributed by atoms with van der Waals surface area (Å²) in [4.78, 5) is 17.2. The molecule has 1 aromatic carbocycles. The Morgan fingerprint density at radius 2 is 1.96 bits per heavy atom. The van der Waals surface area contributed by atoms with Gasteiger partial charge in [0.1, 0.15) is 0 Å². The highest BCUT2D eigenvalue weighted by Gasteiger charge is 2.41. The van der Waals surface area contributed by atoms with Crippen molar-refractivity contribution >= 4 is 11.7 Å². The first kappa shape index (κ1) is 16.3. The van der Waals surface area contributed by atoms with Crippen molar-refractivity contribution in [3.05, 3.63) is 48.2 Å². The molecular weight excluding hydrogens is 314 g/mol. The van der Waals surface area contributed by atoms with E-state index in [1.807, 2.05) is 30.3 Å². The van der Waals surface area contributed by atoms with Crippen molar-refractivity contribution in [3.8, 4) is 0 Å². The van der Waals surface area contributed by atoms with Crippen LogP contribution in [0.25, 0.3) is 0 Å². The molecule has 4 rings (SSSR count). The lowest BCUT2D eigenvalue weighted by Crippen LogP contribution is -2.52. The van der Waals surface area contributed by atoms with E-state index in [4.69, 9.17) is 5.73 Å². The lowest BCUT2D eigenvalue weighted by atomic mass is 9.95. The van der Waals surface area contributed by atoms with Crippen LogP contribution in [0.1, 0.15) is 24.3 Å². The first-order chi connectivity index (χ1) is 12.1. The average molecular weight is 339 g/mol. The molecule has 2 fully saturated rings. The van der Waals surface area contributed by atoms with Crippen LogP contribution in [0.3, 0.4) is 0 Å². The molecule has 0 spiro atoms. The van der Waals surface area contributed by atoms with Gasteiger partial charge in [-0.3, -0.25) is 19.3 Å². The molecule has 0 aliphatic carbocycles. The maximum absolute atomic E-state index is 13.1. The van der Waals surface area contributed by atoms with Gasteiger partial charge in [0.05, 0.1) is 6.04 Å². The molecular formula is C19H25N5O. The summed E-state index contributed by atoms with van der Waals surface area (Å²) in [5.41, 5.74) is 7.69. The lowest BCUT2D eigenvalue weighted by Gasteiger charge is -2.35. The fourth-order valence-corrected chi connectivity index (χ4v) is 4.14. The molecule has 0 bridgehead atoms. The SMILES string of the molecule is Cn1ccc(N2CCCC(N3C[C@@H](N)[C@H](c4ccccc4)C3)C2=O)n1. The predicted molar refractivity (Wildman–Crippen MR) is 97.3 cm³/mol. The highest BCUT2D eigenvalue weighted by molar-refractivity contribution is 5.97. The van der Waals surface area contributed by atoms with E-state index in [0.717, 1.165) is 38.3 Å². The second kappa shape index (κ2) is 6.61. The van der Waals surface area contributed by atoms with Gasteiger partial charge in [0.25, 0.3) is 0 Å². The number of carbonyl (C=O) groups is 1. The molecule has 2 N–H and O–H groups in total. The lowest BCUT2D eigenvalue weighted by molar-refractivity contribution is -0.125. The van der Waals surface area contributed by atoms with Gasteiger partial charge in [-0.05, 0) is 18.4 Å². The van der Waals surface area contributed by atoms with E-state index in [2.05, 4.69) is 34.3 Å². The standard InChI is InChI=1S/C19H25N5O/c1-22-11-9-18(21-22)24-10-5-8-17(19(24)25)23-12-15(16(20)13-23)14-6-3-2-4-7-14/h2-4,6-7,9,11,15-17H,5,8,10,12-13,20H2,1H3/t15-,16+,17?/m0/s1. The molecule has 3 atom stereocenters. The molecule has 2 aliphatic rings. The molecule has 2 aliphatic heterocycles. The summed E-state index contributed by atoms with van der Waals surface area (Å²) in [6.07, 6.45) is 3.77. The minimum absolute atomic E-state index is 0.0698. The summed E-state index contributed by atoms with van der Waals surface area (Å²) >= 11 is 0. The first-order valence-electron chi connectivity index (χ1n) is 8.99. The van der Waals surface area contributed by atoms with E-state index in [1.165, 1.54) is 5.56 Å². The maximum atomic E-state index is 13.1. The van der Waals surface area contributed by atoms with E-state index >= 15 is 0 Å². The number of nitrogens with two attached hydrogens (primary N) is 1. The monoisotopic (exact) mass is 339 g/mol. The molecule has 6 nitrogen and oxygen atoms in total. The van der Waals surface area contributed by atoms with Crippen molar-refractivity contribution in [1.29, 1.82) is 0 Å². The van der Waals surface area contributed by atoms with Gasteiger partial charge in [-0.15, -0.1) is 0 Å². The van der Waals surface area contributed by atoms with Gasteiger partial charge in [-0.25, -0.2) is 0 Å². The molecule has 0 saturated carbocycles. The number of amides is 1. The van der Waals surface area contributed by atoms with Crippen LogP contribution in [-0.4, -0.2) is 52.3 Å². The highest BCUT2D eigenvalue weighted by Crippen LogP contribution is 2.31. The molecule has 1 aromatic heterocycles. The summed E-state index contributed by atoms with van der Waals surface area (Å²) in [6, 6.07) is 12.3. The molecule has 3 heterocycles. The van der Waals surface area contributed by atoms with Gasteiger partial charge in [0.15, 0.2) is 5.82 Å². The molecule has 1 amide bonds. The molecule has 6 heteroatoms. The van der Waals surface area contributed by atoms with Gasteiger partial charge >= 0.3 is 0 Å². The third kappa shape index (κ3) is 3.07. The Bertz CT molecular complexity index is 743. The van der Waals surface area contributed by atoms with Crippen molar-refractivity contribution in [3.63, 3.8) is 0 Å². The molecule has 2 saturated heterocycles. The third-order valence-corrected chi connectivity index (χ3v) is 5.45. The summed E-state index contributed by atoms with van der Waals surface area (Å²) in [5.74, 6) is 1.20. The average Bonchev–Trinajstić information content (AvgIpc) is 3.22. The number of benzene rings is 1. The first-order valence-corrected chi connectivity index (χ1v) is 8.99. The molecule has 2 aromatic rings. The number of rotatable bonds is 3. The Kier molecular flexibility index (Phi) is 4.31. The van der Waals surface area contributed by atoms with E-state index in [1.54, 1.807) is 4.68 Å². The van der Waals surface area contributed by atoms with Crippen LogP contribution in [-0.2, 0) is 11.8 Å². The number of aryl methyl sites for hydroxylation is 1. The normalized spacial score (nSPS) is 27.8. The zero-order valence-corrected chi connectivity index (χ0v) is 14.6. The van der Waals surface area contributed by atoms with Crippen LogP contribution in [0.5, 0.6) is 0 Å². The highest BCUT2D eigenvalue weighted by atomic mass is 16.2. The Hall–Kier alpha value is -2.18. The van der Waals surface area contributed by atoms with E-state index < -0.39 is 0 Å². The number of piperidine rings is 1. The van der Waals surface area contributed by atoms with E-state index in [0.29, 0.717) is 5.92 Å². The van der Waals surface area contributed by atoms with Gasteiger partial charge in [-0.2, -0.15) is 5.10 Å². The molecule has 0 radical (unpaired) electrons. The van der Waals surface area contributed by atoms with Crippen LogP contribution in [0.15, 0.2) is 42.6 Å². The van der Waals surface area contributed by atoms with Gasteiger partial charge in [0, 0.05) is 50.9 Å². The minimum atomic E-state index is -0.0875. The Morgan fingerprint density at radius 3 is 2.68 bits per heavy atom. The number of likely N-dealkylation sites (tertiary alicyclic amines) is 1. The zero-order valence-electron chi connectivity index (χ0n) is 14.6. The topological polar surface area (TPSA) is 67.4 Å². The minimum Gasteiger partial charge on any atom is -0.326 e. The Balaban J connectivity index is 1.51. The van der Waals surface area contributed by atoms with Crippen LogP contribution < -0.4 is 10.6 Å².